The maximum atomic E-state index is 12.2. The second-order valence-corrected chi connectivity index (χ2v) is 5.88. The molecule has 1 aromatic heterocycles. The molecule has 114 valence electrons. The first kappa shape index (κ1) is 13.9. The predicted octanol–water partition coefficient (Wildman–Crippen LogP) is -0.0175. The zero-order valence-corrected chi connectivity index (χ0v) is 12.0. The van der Waals surface area contributed by atoms with Crippen molar-refractivity contribution in [3.63, 3.8) is 0 Å². The Bertz CT molecular complexity index is 529. The number of hydrogen-bond donors (Lipinski definition) is 2. The normalized spacial score (nSPS) is 19.5. The molecule has 7 nitrogen and oxygen atoms in total. The highest BCUT2D eigenvalue weighted by Gasteiger charge is 2.32. The molecule has 2 aliphatic rings. The highest BCUT2D eigenvalue weighted by Crippen LogP contribution is 2.29. The first-order chi connectivity index (χ1) is 10.1. The molecule has 1 saturated carbocycles. The topological polar surface area (TPSA) is 93.2 Å². The van der Waals surface area contributed by atoms with E-state index in [2.05, 4.69) is 10.4 Å². The van der Waals surface area contributed by atoms with Gasteiger partial charge < -0.3 is 16.0 Å². The molecule has 0 spiro atoms. The fourth-order valence-corrected chi connectivity index (χ4v) is 2.64. The lowest BCUT2D eigenvalue weighted by Gasteiger charge is -2.32. The number of anilines is 1. The Morgan fingerprint density at radius 2 is 2.00 bits per heavy atom. The first-order valence-electron chi connectivity index (χ1n) is 7.49. The van der Waals surface area contributed by atoms with Crippen LogP contribution in [0.25, 0.3) is 0 Å². The molecule has 0 bridgehead atoms. The number of amides is 2. The van der Waals surface area contributed by atoms with Crippen LogP contribution in [0.4, 0.5) is 5.82 Å². The average molecular weight is 291 g/mol. The molecule has 0 atom stereocenters. The summed E-state index contributed by atoms with van der Waals surface area (Å²) in [5, 5.41) is 7.10. The van der Waals surface area contributed by atoms with Crippen LogP contribution in [-0.4, -0.2) is 45.6 Å². The molecule has 1 aliphatic heterocycles. The van der Waals surface area contributed by atoms with Crippen LogP contribution in [0.3, 0.4) is 0 Å². The van der Waals surface area contributed by atoms with Crippen LogP contribution in [0.15, 0.2) is 12.3 Å². The Hall–Kier alpha value is -2.05. The Morgan fingerprint density at radius 3 is 2.57 bits per heavy atom. The molecule has 3 rings (SSSR count). The maximum Gasteiger partial charge on any atom is 0.244 e. The Balaban J connectivity index is 1.44. The van der Waals surface area contributed by atoms with E-state index in [4.69, 9.17) is 5.73 Å². The van der Waals surface area contributed by atoms with E-state index in [0.717, 1.165) is 25.7 Å². The van der Waals surface area contributed by atoms with Crippen LogP contribution < -0.4 is 11.1 Å². The quantitative estimate of drug-likeness (QED) is 0.815. The molecule has 21 heavy (non-hydrogen) atoms. The third kappa shape index (κ3) is 3.53. The van der Waals surface area contributed by atoms with Crippen LogP contribution in [-0.2, 0) is 16.1 Å². The molecule has 0 unspecified atom stereocenters. The van der Waals surface area contributed by atoms with Crippen LogP contribution in [0.1, 0.15) is 25.7 Å². The molecular formula is C14H21N5O2. The van der Waals surface area contributed by atoms with Gasteiger partial charge in [0.15, 0.2) is 0 Å². The van der Waals surface area contributed by atoms with E-state index in [1.54, 1.807) is 16.9 Å². The van der Waals surface area contributed by atoms with Crippen molar-refractivity contribution in [1.82, 2.24) is 20.0 Å². The molecule has 1 saturated heterocycles. The van der Waals surface area contributed by atoms with Crippen molar-refractivity contribution in [2.75, 3.05) is 18.8 Å². The lowest BCUT2D eigenvalue weighted by atomic mass is 10.0. The van der Waals surface area contributed by atoms with Crippen LogP contribution >= 0.6 is 0 Å². The molecule has 2 heterocycles. The maximum absolute atomic E-state index is 12.2. The predicted molar refractivity (Wildman–Crippen MR) is 77.1 cm³/mol. The Labute approximate surface area is 123 Å². The number of nitrogen functional groups attached to an aromatic ring is 1. The minimum Gasteiger partial charge on any atom is -0.382 e. The first-order valence-corrected chi connectivity index (χ1v) is 7.49. The van der Waals surface area contributed by atoms with Gasteiger partial charge in [0, 0.05) is 31.2 Å². The number of rotatable bonds is 4. The zero-order valence-electron chi connectivity index (χ0n) is 12.0. The summed E-state index contributed by atoms with van der Waals surface area (Å²) in [7, 11) is 0. The lowest BCUT2D eigenvalue weighted by Crippen LogP contribution is -2.47. The van der Waals surface area contributed by atoms with Gasteiger partial charge in [-0.25, -0.2) is 0 Å². The number of carbonyl (C=O) groups is 2. The molecule has 2 amide bonds. The van der Waals surface area contributed by atoms with Crippen molar-refractivity contribution >= 4 is 17.6 Å². The van der Waals surface area contributed by atoms with Crippen LogP contribution in [0.2, 0.25) is 0 Å². The number of aromatic nitrogens is 2. The zero-order chi connectivity index (χ0) is 14.8. The van der Waals surface area contributed by atoms with E-state index in [9.17, 15) is 9.59 Å². The fraction of sp³-hybridized carbons (Fsp3) is 0.643. The van der Waals surface area contributed by atoms with Crippen molar-refractivity contribution in [2.45, 2.75) is 38.3 Å². The highest BCUT2D eigenvalue weighted by molar-refractivity contribution is 5.81. The number of nitrogens with two attached hydrogens (primary N) is 1. The molecule has 0 radical (unpaired) electrons. The molecule has 0 aromatic carbocycles. The van der Waals surface area contributed by atoms with Gasteiger partial charge >= 0.3 is 0 Å². The summed E-state index contributed by atoms with van der Waals surface area (Å²) in [5.41, 5.74) is 5.53. The van der Waals surface area contributed by atoms with E-state index in [0.29, 0.717) is 18.9 Å². The van der Waals surface area contributed by atoms with Gasteiger partial charge in [0.05, 0.1) is 0 Å². The smallest absolute Gasteiger partial charge is 0.244 e. The number of nitrogens with zero attached hydrogens (tertiary/aromatic N) is 3. The number of piperidine rings is 1. The van der Waals surface area contributed by atoms with Gasteiger partial charge in [0.2, 0.25) is 11.8 Å². The van der Waals surface area contributed by atoms with Crippen molar-refractivity contribution in [3.05, 3.63) is 12.3 Å². The van der Waals surface area contributed by atoms with Gasteiger partial charge in [-0.05, 0) is 31.7 Å². The van der Waals surface area contributed by atoms with E-state index < -0.39 is 0 Å². The summed E-state index contributed by atoms with van der Waals surface area (Å²) in [6, 6.07) is 1.88. The summed E-state index contributed by atoms with van der Waals surface area (Å²) in [4.78, 5) is 25.7. The second-order valence-electron chi connectivity index (χ2n) is 5.88. The van der Waals surface area contributed by atoms with Crippen molar-refractivity contribution in [3.8, 4) is 0 Å². The molecule has 3 N–H and O–H groups in total. The van der Waals surface area contributed by atoms with Gasteiger partial charge in [-0.15, -0.1) is 0 Å². The minimum atomic E-state index is 0.0464. The third-order valence-electron chi connectivity index (χ3n) is 4.10. The molecule has 7 heteroatoms. The molecule has 2 fully saturated rings. The number of hydrogen-bond acceptors (Lipinski definition) is 4. The van der Waals surface area contributed by atoms with E-state index in [1.165, 1.54) is 0 Å². The molecule has 1 aliphatic carbocycles. The minimum absolute atomic E-state index is 0.0464. The fourth-order valence-electron chi connectivity index (χ4n) is 2.64. The van der Waals surface area contributed by atoms with E-state index in [-0.39, 0.29) is 30.3 Å². The van der Waals surface area contributed by atoms with Crippen molar-refractivity contribution in [2.24, 2.45) is 5.92 Å². The highest BCUT2D eigenvalue weighted by atomic mass is 16.2. The van der Waals surface area contributed by atoms with Crippen LogP contribution in [0, 0.1) is 5.92 Å². The van der Waals surface area contributed by atoms with Gasteiger partial charge in [-0.3, -0.25) is 14.3 Å². The van der Waals surface area contributed by atoms with Crippen molar-refractivity contribution in [1.29, 1.82) is 0 Å². The lowest BCUT2D eigenvalue weighted by molar-refractivity contribution is -0.133. The average Bonchev–Trinajstić information content (AvgIpc) is 3.24. The van der Waals surface area contributed by atoms with Crippen molar-refractivity contribution < 1.29 is 9.59 Å². The van der Waals surface area contributed by atoms with Gasteiger partial charge in [-0.2, -0.15) is 5.10 Å². The van der Waals surface area contributed by atoms with Gasteiger partial charge in [0.25, 0.3) is 0 Å². The molecular weight excluding hydrogens is 270 g/mol. The summed E-state index contributed by atoms with van der Waals surface area (Å²) >= 11 is 0. The summed E-state index contributed by atoms with van der Waals surface area (Å²) in [6.45, 7) is 1.59. The largest absolute Gasteiger partial charge is 0.382 e. The number of carbonyl (C=O) groups excluding carboxylic acids is 2. The summed E-state index contributed by atoms with van der Waals surface area (Å²) < 4.78 is 1.55. The monoisotopic (exact) mass is 291 g/mol. The summed E-state index contributed by atoms with van der Waals surface area (Å²) in [6.07, 6.45) is 5.40. The summed E-state index contributed by atoms with van der Waals surface area (Å²) in [5.74, 6) is 0.899. The van der Waals surface area contributed by atoms with E-state index >= 15 is 0 Å². The standard InChI is InChI=1S/C14H21N5O2/c15-12-5-8-19(17-12)9-13(20)18-6-3-11(4-7-18)16-14(21)10-1-2-10/h5,8,10-11H,1-4,6-7,9H2,(H2,15,17)(H,16,21). The van der Waals surface area contributed by atoms with Crippen LogP contribution in [0.5, 0.6) is 0 Å². The second kappa shape index (κ2) is 5.75. The Kier molecular flexibility index (Phi) is 3.81. The number of likely N-dealkylation sites (tertiary alicyclic amines) is 1. The number of nitrogens with one attached hydrogen (secondary N) is 1. The molecule has 1 aromatic rings. The SMILES string of the molecule is Nc1ccn(CC(=O)N2CCC(NC(=O)C3CC3)CC2)n1. The Morgan fingerprint density at radius 1 is 1.29 bits per heavy atom. The van der Waals surface area contributed by atoms with Gasteiger partial charge in [-0.1, -0.05) is 0 Å². The third-order valence-corrected chi connectivity index (χ3v) is 4.10. The van der Waals surface area contributed by atoms with Gasteiger partial charge in [0.1, 0.15) is 12.4 Å². The van der Waals surface area contributed by atoms with E-state index in [1.807, 2.05) is 4.90 Å².